The number of nitrogens with one attached hydrogen (secondary N) is 2. The van der Waals surface area contributed by atoms with E-state index >= 15 is 0 Å². The zero-order chi connectivity index (χ0) is 14.6. The first kappa shape index (κ1) is 14.4. The maximum atomic E-state index is 11.7. The third-order valence-electron chi connectivity index (χ3n) is 3.82. The van der Waals surface area contributed by atoms with Crippen LogP contribution >= 0.6 is 0 Å². The Morgan fingerprint density at radius 1 is 1.50 bits per heavy atom. The first-order valence-corrected chi connectivity index (χ1v) is 6.82. The summed E-state index contributed by atoms with van der Waals surface area (Å²) < 4.78 is 5.21. The summed E-state index contributed by atoms with van der Waals surface area (Å²) in [6.45, 7) is 2.06. The molecule has 1 aromatic rings. The van der Waals surface area contributed by atoms with Crippen molar-refractivity contribution in [2.24, 2.45) is 5.41 Å². The molecule has 3 N–H and O–H groups in total. The first-order chi connectivity index (χ1) is 9.52. The molecule has 6 nitrogen and oxygen atoms in total. The lowest BCUT2D eigenvalue weighted by Crippen LogP contribution is -2.51. The van der Waals surface area contributed by atoms with Crippen LogP contribution < -0.4 is 10.6 Å². The number of carboxylic acids is 1. The van der Waals surface area contributed by atoms with Crippen LogP contribution in [0.1, 0.15) is 31.9 Å². The van der Waals surface area contributed by atoms with E-state index < -0.39 is 11.4 Å². The molecule has 1 aliphatic carbocycles. The molecule has 1 aliphatic rings. The number of carboxylic acid groups (broad SMARTS) is 1. The maximum Gasteiger partial charge on any atom is 0.315 e. The summed E-state index contributed by atoms with van der Waals surface area (Å²) in [6.07, 6.45) is 4.36. The van der Waals surface area contributed by atoms with Gasteiger partial charge in [-0.15, -0.1) is 0 Å². The fourth-order valence-corrected chi connectivity index (χ4v) is 2.38. The number of furan rings is 1. The van der Waals surface area contributed by atoms with E-state index in [0.29, 0.717) is 19.3 Å². The molecule has 6 heteroatoms. The number of urea groups is 1. The van der Waals surface area contributed by atoms with Crippen LogP contribution in [0.4, 0.5) is 4.79 Å². The molecule has 2 rings (SSSR count). The van der Waals surface area contributed by atoms with E-state index in [1.165, 1.54) is 0 Å². The standard InChI is InChI=1S/C14H20N2O4/c1-10(8-11-4-2-7-20-11)16-13(19)15-9-14(12(17)18)5-3-6-14/h2,4,7,10H,3,5-6,8-9H2,1H3,(H,17,18)(H2,15,16,19). The van der Waals surface area contributed by atoms with E-state index in [-0.39, 0.29) is 18.6 Å². The third kappa shape index (κ3) is 3.31. The first-order valence-electron chi connectivity index (χ1n) is 6.82. The largest absolute Gasteiger partial charge is 0.481 e. The highest BCUT2D eigenvalue weighted by Gasteiger charge is 2.44. The summed E-state index contributed by atoms with van der Waals surface area (Å²) in [5, 5.41) is 14.6. The molecule has 0 aromatic carbocycles. The van der Waals surface area contributed by atoms with Crippen LogP contribution in [0.2, 0.25) is 0 Å². The van der Waals surface area contributed by atoms with Crippen molar-refractivity contribution in [1.82, 2.24) is 10.6 Å². The minimum Gasteiger partial charge on any atom is -0.481 e. The van der Waals surface area contributed by atoms with Gasteiger partial charge < -0.3 is 20.2 Å². The lowest BCUT2D eigenvalue weighted by atomic mass is 9.69. The smallest absolute Gasteiger partial charge is 0.315 e. The second kappa shape index (κ2) is 5.98. The number of aliphatic carboxylic acids is 1. The molecule has 0 bridgehead atoms. The summed E-state index contributed by atoms with van der Waals surface area (Å²) in [4.78, 5) is 22.9. The van der Waals surface area contributed by atoms with Crippen molar-refractivity contribution in [2.75, 3.05) is 6.54 Å². The fourth-order valence-electron chi connectivity index (χ4n) is 2.38. The fraction of sp³-hybridized carbons (Fsp3) is 0.571. The Hall–Kier alpha value is -1.98. The zero-order valence-corrected chi connectivity index (χ0v) is 11.5. The highest BCUT2D eigenvalue weighted by molar-refractivity contribution is 5.78. The van der Waals surface area contributed by atoms with Crippen LogP contribution in [0.25, 0.3) is 0 Å². The number of amides is 2. The van der Waals surface area contributed by atoms with Gasteiger partial charge in [0.2, 0.25) is 0 Å². The minimum atomic E-state index is -0.826. The normalized spacial score (nSPS) is 17.9. The van der Waals surface area contributed by atoms with Gasteiger partial charge in [-0.05, 0) is 31.9 Å². The predicted octanol–water partition coefficient (Wildman–Crippen LogP) is 1.76. The van der Waals surface area contributed by atoms with Crippen LogP contribution in [0, 0.1) is 5.41 Å². The van der Waals surface area contributed by atoms with E-state index in [1.54, 1.807) is 12.3 Å². The maximum absolute atomic E-state index is 11.7. The molecule has 1 fully saturated rings. The van der Waals surface area contributed by atoms with Crippen LogP contribution in [0.5, 0.6) is 0 Å². The van der Waals surface area contributed by atoms with Gasteiger partial charge in [-0.3, -0.25) is 4.79 Å². The van der Waals surface area contributed by atoms with Gasteiger partial charge in [-0.2, -0.15) is 0 Å². The Labute approximate surface area is 117 Å². The monoisotopic (exact) mass is 280 g/mol. The van der Waals surface area contributed by atoms with Crippen molar-refractivity contribution in [2.45, 2.75) is 38.6 Å². The topological polar surface area (TPSA) is 91.6 Å². The second-order valence-corrected chi connectivity index (χ2v) is 5.45. The number of carbonyl (C=O) groups excluding carboxylic acids is 1. The molecule has 110 valence electrons. The van der Waals surface area contributed by atoms with Crippen molar-refractivity contribution in [3.63, 3.8) is 0 Å². The van der Waals surface area contributed by atoms with Crippen molar-refractivity contribution in [1.29, 1.82) is 0 Å². The highest BCUT2D eigenvalue weighted by atomic mass is 16.4. The average molecular weight is 280 g/mol. The average Bonchev–Trinajstić information content (AvgIpc) is 2.79. The summed E-state index contributed by atoms with van der Waals surface area (Å²) in [5.74, 6) is -0.0218. The van der Waals surface area contributed by atoms with E-state index in [1.807, 2.05) is 13.0 Å². The van der Waals surface area contributed by atoms with Crippen LogP contribution in [-0.2, 0) is 11.2 Å². The van der Waals surface area contributed by atoms with Crippen molar-refractivity contribution < 1.29 is 19.1 Å². The molecule has 0 radical (unpaired) electrons. The molecule has 1 aromatic heterocycles. The highest BCUT2D eigenvalue weighted by Crippen LogP contribution is 2.40. The van der Waals surface area contributed by atoms with Crippen LogP contribution in [-0.4, -0.2) is 29.7 Å². The summed E-state index contributed by atoms with van der Waals surface area (Å²) >= 11 is 0. The molecule has 0 spiro atoms. The number of rotatable bonds is 6. The molecule has 1 saturated carbocycles. The molecule has 1 atom stereocenters. The zero-order valence-electron chi connectivity index (χ0n) is 11.5. The van der Waals surface area contributed by atoms with Gasteiger partial charge in [0.25, 0.3) is 0 Å². The van der Waals surface area contributed by atoms with Crippen molar-refractivity contribution in [3.8, 4) is 0 Å². The van der Waals surface area contributed by atoms with Crippen molar-refractivity contribution >= 4 is 12.0 Å². The minimum absolute atomic E-state index is 0.0803. The van der Waals surface area contributed by atoms with Crippen molar-refractivity contribution in [3.05, 3.63) is 24.2 Å². The Kier molecular flexibility index (Phi) is 4.32. The van der Waals surface area contributed by atoms with Gasteiger partial charge in [-0.25, -0.2) is 4.79 Å². The molecule has 1 unspecified atom stereocenters. The molecular formula is C14H20N2O4. The van der Waals surface area contributed by atoms with E-state index in [0.717, 1.165) is 12.2 Å². The van der Waals surface area contributed by atoms with Gasteiger partial charge in [0, 0.05) is 19.0 Å². The number of carbonyl (C=O) groups is 2. The Morgan fingerprint density at radius 2 is 2.25 bits per heavy atom. The molecule has 2 amide bonds. The number of hydrogen-bond donors (Lipinski definition) is 3. The Morgan fingerprint density at radius 3 is 2.75 bits per heavy atom. The van der Waals surface area contributed by atoms with Gasteiger partial charge in [-0.1, -0.05) is 6.42 Å². The van der Waals surface area contributed by atoms with Crippen LogP contribution in [0.3, 0.4) is 0 Å². The molecule has 20 heavy (non-hydrogen) atoms. The molecular weight excluding hydrogens is 260 g/mol. The van der Waals surface area contributed by atoms with Crippen LogP contribution in [0.15, 0.2) is 22.8 Å². The van der Waals surface area contributed by atoms with E-state index in [9.17, 15) is 9.59 Å². The third-order valence-corrected chi connectivity index (χ3v) is 3.82. The predicted molar refractivity (Wildman–Crippen MR) is 72.3 cm³/mol. The summed E-state index contributed by atoms with van der Waals surface area (Å²) in [7, 11) is 0. The molecule has 0 aliphatic heterocycles. The summed E-state index contributed by atoms with van der Waals surface area (Å²) in [6, 6.07) is 3.24. The molecule has 1 heterocycles. The Bertz CT molecular complexity index is 466. The second-order valence-electron chi connectivity index (χ2n) is 5.45. The van der Waals surface area contributed by atoms with E-state index in [2.05, 4.69) is 10.6 Å². The Balaban J connectivity index is 1.73. The lowest BCUT2D eigenvalue weighted by molar-refractivity contribution is -0.153. The SMILES string of the molecule is CC(Cc1ccco1)NC(=O)NCC1(C(=O)O)CCC1. The lowest BCUT2D eigenvalue weighted by Gasteiger charge is -2.37. The quantitative estimate of drug-likeness (QED) is 0.740. The molecule has 0 saturated heterocycles. The van der Waals surface area contributed by atoms with E-state index in [4.69, 9.17) is 9.52 Å². The number of hydrogen-bond acceptors (Lipinski definition) is 3. The van der Waals surface area contributed by atoms with Gasteiger partial charge in [0.15, 0.2) is 0 Å². The van der Waals surface area contributed by atoms with Gasteiger partial charge in [0.1, 0.15) is 5.76 Å². The van der Waals surface area contributed by atoms with Gasteiger partial charge >= 0.3 is 12.0 Å². The summed E-state index contributed by atoms with van der Waals surface area (Å²) in [5.41, 5.74) is -0.762. The van der Waals surface area contributed by atoms with Gasteiger partial charge in [0.05, 0.1) is 11.7 Å².